The van der Waals surface area contributed by atoms with E-state index in [-0.39, 0.29) is 11.8 Å². The van der Waals surface area contributed by atoms with Crippen LogP contribution in [0.1, 0.15) is 41.9 Å². The van der Waals surface area contributed by atoms with E-state index < -0.39 is 0 Å². The summed E-state index contributed by atoms with van der Waals surface area (Å²) in [6.07, 6.45) is 0. The number of hydrogen-bond donors (Lipinski definition) is 4. The van der Waals surface area contributed by atoms with Crippen LogP contribution >= 0.6 is 0 Å². The van der Waals surface area contributed by atoms with Gasteiger partial charge in [-0.05, 0) is 30.7 Å². The number of pyridine rings is 2. The number of methoxy groups -OCH3 is 2. The highest BCUT2D eigenvalue weighted by molar-refractivity contribution is 5.73. The topological polar surface area (TPSA) is 150 Å². The van der Waals surface area contributed by atoms with Crippen LogP contribution in [-0.4, -0.2) is 66.7 Å². The van der Waals surface area contributed by atoms with Gasteiger partial charge in [-0.2, -0.15) is 9.97 Å². The molecule has 3 aromatic rings. The summed E-state index contributed by atoms with van der Waals surface area (Å²) in [6.45, 7) is 9.12. The van der Waals surface area contributed by atoms with Gasteiger partial charge < -0.3 is 44.8 Å². The first-order valence-electron chi connectivity index (χ1n) is 14.1. The minimum absolute atomic E-state index is 0.0551. The van der Waals surface area contributed by atoms with Crippen molar-refractivity contribution in [1.29, 1.82) is 0 Å². The van der Waals surface area contributed by atoms with E-state index >= 15 is 0 Å². The summed E-state index contributed by atoms with van der Waals surface area (Å²) in [7, 11) is 5.12. The van der Waals surface area contributed by atoms with Crippen molar-refractivity contribution in [3.63, 3.8) is 0 Å². The van der Waals surface area contributed by atoms with Crippen molar-refractivity contribution in [1.82, 2.24) is 35.8 Å². The van der Waals surface area contributed by atoms with Crippen LogP contribution in [0.3, 0.4) is 0 Å². The lowest BCUT2D eigenvalue weighted by atomic mass is 10.2. The number of amides is 2. The third kappa shape index (κ3) is 10.5. The molecule has 0 saturated carbocycles. The third-order valence-electron chi connectivity index (χ3n) is 6.59. The predicted molar refractivity (Wildman–Crippen MR) is 161 cm³/mol. The minimum atomic E-state index is -0.0552. The quantitative estimate of drug-likeness (QED) is 0.160. The number of rotatable bonds is 18. The lowest BCUT2D eigenvalue weighted by Crippen LogP contribution is -2.30. The molecule has 0 aliphatic carbocycles. The van der Waals surface area contributed by atoms with Crippen LogP contribution in [0.25, 0.3) is 0 Å². The van der Waals surface area contributed by atoms with Crippen LogP contribution in [0.2, 0.25) is 0 Å². The van der Waals surface area contributed by atoms with E-state index in [9.17, 15) is 9.59 Å². The van der Waals surface area contributed by atoms with Crippen LogP contribution in [0.15, 0.2) is 30.3 Å². The van der Waals surface area contributed by atoms with Crippen molar-refractivity contribution < 1.29 is 28.5 Å². The van der Waals surface area contributed by atoms with E-state index in [1.54, 1.807) is 14.2 Å². The molecule has 0 unspecified atom stereocenters. The summed E-state index contributed by atoms with van der Waals surface area (Å²) < 4.78 is 25.0. The lowest BCUT2D eigenvalue weighted by Gasteiger charge is -2.13. The average molecular weight is 598 g/mol. The van der Waals surface area contributed by atoms with Crippen molar-refractivity contribution in [3.8, 4) is 23.5 Å². The van der Waals surface area contributed by atoms with Gasteiger partial charge in [-0.15, -0.1) is 0 Å². The van der Waals surface area contributed by atoms with Gasteiger partial charge in [0.2, 0.25) is 35.3 Å². The van der Waals surface area contributed by atoms with Crippen molar-refractivity contribution >= 4 is 11.8 Å². The molecule has 2 amide bonds. The van der Waals surface area contributed by atoms with E-state index in [2.05, 4.69) is 37.3 Å². The van der Waals surface area contributed by atoms with Crippen LogP contribution < -0.4 is 40.2 Å². The maximum Gasteiger partial charge on any atom is 0.220 e. The van der Waals surface area contributed by atoms with Gasteiger partial charge in [0.05, 0.1) is 25.6 Å². The van der Waals surface area contributed by atoms with E-state index in [4.69, 9.17) is 18.9 Å². The largest absolute Gasteiger partial charge is 0.481 e. The molecule has 13 heteroatoms. The number of ether oxygens (including phenoxy) is 4. The number of carbonyl (C=O) groups excluding carboxylic acids is 2. The lowest BCUT2D eigenvalue weighted by molar-refractivity contribution is -0.119. The standard InChI is InChI=1S/C30H43N7O6/c1-20-15-25(18-42-27-9-7-23(29(35-27)40-5)16-31-11-13-33-21(2)38)37(4)26(20)19-43-28-10-8-24(30(36-28)41-6)17-32-12-14-34-22(3)39/h7-10,15,31-32H,11-14,16-19H2,1-6H3,(H,33,38)(H,34,39). The fourth-order valence-corrected chi connectivity index (χ4v) is 4.30. The molecular formula is C30H43N7O6. The zero-order chi connectivity index (χ0) is 31.2. The first-order chi connectivity index (χ1) is 20.7. The van der Waals surface area contributed by atoms with Crippen molar-refractivity contribution in [3.05, 3.63) is 58.4 Å². The normalized spacial score (nSPS) is 10.7. The molecule has 43 heavy (non-hydrogen) atoms. The second-order valence-electron chi connectivity index (χ2n) is 9.86. The fraction of sp³-hybridized carbons (Fsp3) is 0.467. The molecule has 3 rings (SSSR count). The number of nitrogens with one attached hydrogen (secondary N) is 4. The molecule has 0 fully saturated rings. The van der Waals surface area contributed by atoms with Crippen LogP contribution in [-0.2, 0) is 42.9 Å². The molecule has 0 atom stereocenters. The summed E-state index contributed by atoms with van der Waals surface area (Å²) in [5.74, 6) is 1.77. The van der Waals surface area contributed by atoms with Crippen molar-refractivity contribution in [2.45, 2.75) is 47.1 Å². The highest BCUT2D eigenvalue weighted by Crippen LogP contribution is 2.24. The predicted octanol–water partition coefficient (Wildman–Crippen LogP) is 1.75. The zero-order valence-electron chi connectivity index (χ0n) is 25.8. The Balaban J connectivity index is 1.54. The monoisotopic (exact) mass is 597 g/mol. The van der Waals surface area contributed by atoms with E-state index in [1.165, 1.54) is 13.8 Å². The highest BCUT2D eigenvalue weighted by atomic mass is 16.5. The SMILES string of the molecule is COc1nc(OCc2cc(C)c(COc3ccc(CNCCNC(C)=O)c(OC)n3)n2C)ccc1CNCCNC(C)=O. The molecule has 4 N–H and O–H groups in total. The molecule has 3 heterocycles. The molecule has 0 aromatic carbocycles. The molecule has 13 nitrogen and oxygen atoms in total. The van der Waals surface area contributed by atoms with Crippen LogP contribution in [0.4, 0.5) is 0 Å². The van der Waals surface area contributed by atoms with E-state index in [1.807, 2.05) is 42.8 Å². The van der Waals surface area contributed by atoms with Crippen molar-refractivity contribution in [2.24, 2.45) is 7.05 Å². The Morgan fingerprint density at radius 1 is 0.767 bits per heavy atom. The first kappa shape index (κ1) is 33.1. The fourth-order valence-electron chi connectivity index (χ4n) is 4.30. The molecule has 0 saturated heterocycles. The van der Waals surface area contributed by atoms with Gasteiger partial charge in [0.15, 0.2) is 0 Å². The maximum atomic E-state index is 11.0. The second kappa shape index (κ2) is 16.9. The Labute approximate surface area is 252 Å². The van der Waals surface area contributed by atoms with Crippen LogP contribution in [0, 0.1) is 6.92 Å². The first-order valence-corrected chi connectivity index (χ1v) is 14.1. The minimum Gasteiger partial charge on any atom is -0.481 e. The van der Waals surface area contributed by atoms with E-state index in [0.29, 0.717) is 76.0 Å². The Bertz CT molecular complexity index is 1360. The van der Waals surface area contributed by atoms with Gasteiger partial charge in [-0.1, -0.05) is 0 Å². The number of aryl methyl sites for hydroxylation is 1. The van der Waals surface area contributed by atoms with E-state index in [0.717, 1.165) is 28.1 Å². The summed E-state index contributed by atoms with van der Waals surface area (Å²) in [4.78, 5) is 31.0. The smallest absolute Gasteiger partial charge is 0.220 e. The van der Waals surface area contributed by atoms with Crippen LogP contribution in [0.5, 0.6) is 23.5 Å². The van der Waals surface area contributed by atoms with Gasteiger partial charge in [0.1, 0.15) is 13.2 Å². The second-order valence-corrected chi connectivity index (χ2v) is 9.86. The number of aromatic nitrogens is 3. The number of hydrogen-bond acceptors (Lipinski definition) is 10. The van der Waals surface area contributed by atoms with Gasteiger partial charge in [0, 0.05) is 83.4 Å². The van der Waals surface area contributed by atoms with Gasteiger partial charge >= 0.3 is 0 Å². The highest BCUT2D eigenvalue weighted by Gasteiger charge is 2.14. The van der Waals surface area contributed by atoms with Gasteiger partial charge in [-0.25, -0.2) is 0 Å². The van der Waals surface area contributed by atoms with Gasteiger partial charge in [0.25, 0.3) is 0 Å². The summed E-state index contributed by atoms with van der Waals surface area (Å²) in [5.41, 5.74) is 4.81. The molecule has 0 spiro atoms. The molecule has 0 radical (unpaired) electrons. The molecule has 0 bridgehead atoms. The van der Waals surface area contributed by atoms with Crippen molar-refractivity contribution in [2.75, 3.05) is 40.4 Å². The molecule has 3 aromatic heterocycles. The molecule has 234 valence electrons. The average Bonchev–Trinajstić information content (AvgIpc) is 3.26. The Kier molecular flexibility index (Phi) is 13.0. The molecule has 0 aliphatic rings. The summed E-state index contributed by atoms with van der Waals surface area (Å²) in [5, 5.41) is 12.0. The number of carbonyl (C=O) groups is 2. The number of nitrogens with zero attached hydrogens (tertiary/aromatic N) is 3. The molecule has 0 aliphatic heterocycles. The van der Waals surface area contributed by atoms with Gasteiger partial charge in [-0.3, -0.25) is 9.59 Å². The summed E-state index contributed by atoms with van der Waals surface area (Å²) in [6, 6.07) is 9.52. The zero-order valence-corrected chi connectivity index (χ0v) is 25.8. The Hall–Kier alpha value is -4.36. The Morgan fingerprint density at radius 3 is 1.72 bits per heavy atom. The molecular weight excluding hydrogens is 554 g/mol. The third-order valence-corrected chi connectivity index (χ3v) is 6.59. The maximum absolute atomic E-state index is 11.0. The Morgan fingerprint density at radius 2 is 1.26 bits per heavy atom. The summed E-state index contributed by atoms with van der Waals surface area (Å²) >= 11 is 0.